The van der Waals surface area contributed by atoms with Gasteiger partial charge >= 0.3 is 0 Å². The molecule has 1 aliphatic rings. The summed E-state index contributed by atoms with van der Waals surface area (Å²) < 4.78 is 0.924. The maximum atomic E-state index is 10.2. The van der Waals surface area contributed by atoms with Crippen molar-refractivity contribution in [1.82, 2.24) is 9.80 Å². The van der Waals surface area contributed by atoms with Crippen molar-refractivity contribution in [2.24, 2.45) is 0 Å². The number of hydrogen-bond donors (Lipinski definition) is 1. The predicted molar refractivity (Wildman–Crippen MR) is 107 cm³/mol. The number of aromatic hydroxyl groups is 1. The summed E-state index contributed by atoms with van der Waals surface area (Å²) in [6.45, 7) is 8.69. The Bertz CT molecular complexity index is 717. The van der Waals surface area contributed by atoms with Crippen molar-refractivity contribution in [3.05, 3.63) is 33.7 Å². The van der Waals surface area contributed by atoms with Gasteiger partial charge in [0.15, 0.2) is 0 Å². The zero-order valence-electron chi connectivity index (χ0n) is 14.0. The Morgan fingerprint density at radius 3 is 2.50 bits per heavy atom. The molecule has 3 nitrogen and oxygen atoms in total. The zero-order chi connectivity index (χ0) is 16.9. The molecule has 1 fully saturated rings. The van der Waals surface area contributed by atoms with Crippen LogP contribution in [0, 0.1) is 3.82 Å². The van der Waals surface area contributed by atoms with Crippen molar-refractivity contribution >= 4 is 32.9 Å². The molecule has 1 aromatic heterocycles. The van der Waals surface area contributed by atoms with E-state index in [1.807, 2.05) is 18.2 Å². The third-order valence-electron chi connectivity index (χ3n) is 4.51. The molecule has 0 bridgehead atoms. The fourth-order valence-electron chi connectivity index (χ4n) is 3.03. The molecule has 0 spiro atoms. The van der Waals surface area contributed by atoms with Crippen LogP contribution in [0.5, 0.6) is 5.75 Å². The first kappa shape index (κ1) is 18.0. The molecule has 2 heterocycles. The van der Waals surface area contributed by atoms with Crippen LogP contribution in [0.4, 0.5) is 0 Å². The third-order valence-corrected chi connectivity index (χ3v) is 7.42. The van der Waals surface area contributed by atoms with Crippen LogP contribution < -0.4 is 0 Å². The van der Waals surface area contributed by atoms with E-state index in [2.05, 4.69) is 22.8 Å². The van der Waals surface area contributed by atoms with Gasteiger partial charge in [0.2, 0.25) is 0 Å². The van der Waals surface area contributed by atoms with Crippen LogP contribution in [-0.2, 0) is 6.54 Å². The monoisotopic (exact) mass is 380 g/mol. The molecule has 1 saturated heterocycles. The smallest absolute Gasteiger partial charge is 0.120 e. The summed E-state index contributed by atoms with van der Waals surface area (Å²) in [5, 5.41) is 10.2. The van der Waals surface area contributed by atoms with E-state index in [0.717, 1.165) is 47.7 Å². The summed E-state index contributed by atoms with van der Waals surface area (Å²) in [4.78, 5) is 6.18. The van der Waals surface area contributed by atoms with Gasteiger partial charge in [-0.2, -0.15) is 0 Å². The van der Waals surface area contributed by atoms with Crippen LogP contribution in [0.15, 0.2) is 24.3 Å². The minimum atomic E-state index is 0.394. The summed E-state index contributed by atoms with van der Waals surface area (Å²) in [6.07, 6.45) is 2.55. The lowest BCUT2D eigenvalue weighted by molar-refractivity contribution is 0.125. The van der Waals surface area contributed by atoms with E-state index in [1.54, 1.807) is 20.7 Å². The largest absolute Gasteiger partial charge is 0.508 e. The molecule has 0 amide bonds. The normalized spacial score (nSPS) is 16.5. The molecule has 24 heavy (non-hydrogen) atoms. The highest BCUT2D eigenvalue weighted by atomic mass is 32.9. The summed E-state index contributed by atoms with van der Waals surface area (Å²) in [6, 6.07) is 7.96. The molecule has 0 radical (unpaired) electrons. The van der Waals surface area contributed by atoms with Gasteiger partial charge < -0.3 is 10.0 Å². The molecule has 3 rings (SSSR count). The maximum Gasteiger partial charge on any atom is 0.120 e. The Morgan fingerprint density at radius 1 is 1.08 bits per heavy atom. The number of rotatable bonds is 6. The molecular formula is C18H24N2OS3. The molecule has 0 saturated carbocycles. The fourth-order valence-corrected chi connectivity index (χ4v) is 5.42. The third kappa shape index (κ3) is 4.64. The highest BCUT2D eigenvalue weighted by Crippen LogP contribution is 2.32. The van der Waals surface area contributed by atoms with Crippen molar-refractivity contribution < 1.29 is 5.11 Å². The standard InChI is InChI=1S/C18H24N2OS3/c1-2-3-6-19-7-9-20(10-8-19)13-15-11-14(4-5-16(15)21)17-12-18(22)24-23-17/h4-5,11-12,21H,2-3,6-10,13H2,1H3. The SMILES string of the molecule is CCCCN1CCN(Cc2cc(-c3cc(=S)ss3)ccc2O)CC1. The number of nitrogens with zero attached hydrogens (tertiary/aromatic N) is 2. The molecule has 0 aliphatic carbocycles. The Morgan fingerprint density at radius 2 is 1.83 bits per heavy atom. The average molecular weight is 381 g/mol. The van der Waals surface area contributed by atoms with Crippen molar-refractivity contribution in [3.8, 4) is 16.2 Å². The van der Waals surface area contributed by atoms with Crippen LogP contribution >= 0.6 is 32.9 Å². The Labute approximate surface area is 156 Å². The van der Waals surface area contributed by atoms with Crippen molar-refractivity contribution in [1.29, 1.82) is 0 Å². The van der Waals surface area contributed by atoms with E-state index in [1.165, 1.54) is 24.3 Å². The molecule has 1 aliphatic heterocycles. The number of hydrogen-bond acceptors (Lipinski definition) is 6. The lowest BCUT2D eigenvalue weighted by Crippen LogP contribution is -2.46. The fraction of sp³-hybridized carbons (Fsp3) is 0.500. The van der Waals surface area contributed by atoms with Gasteiger partial charge in [-0.05, 0) is 42.8 Å². The topological polar surface area (TPSA) is 26.7 Å². The Kier molecular flexibility index (Phi) is 6.41. The second-order valence-corrected chi connectivity index (χ2v) is 9.22. The minimum Gasteiger partial charge on any atom is -0.508 e. The van der Waals surface area contributed by atoms with E-state index >= 15 is 0 Å². The van der Waals surface area contributed by atoms with Crippen LogP contribution in [0.3, 0.4) is 0 Å². The van der Waals surface area contributed by atoms with Crippen LogP contribution in [0.1, 0.15) is 25.3 Å². The number of phenolic OH excluding ortho intramolecular Hbond substituents is 1. The maximum absolute atomic E-state index is 10.2. The lowest BCUT2D eigenvalue weighted by atomic mass is 10.1. The van der Waals surface area contributed by atoms with Gasteiger partial charge in [-0.1, -0.05) is 46.2 Å². The molecule has 6 heteroatoms. The number of phenols is 1. The quantitative estimate of drug-likeness (QED) is 0.574. The highest BCUT2D eigenvalue weighted by Gasteiger charge is 2.18. The van der Waals surface area contributed by atoms with Gasteiger partial charge in [-0.15, -0.1) is 0 Å². The van der Waals surface area contributed by atoms with Crippen LogP contribution in [0.25, 0.3) is 10.4 Å². The predicted octanol–water partition coefficient (Wildman–Crippen LogP) is 4.83. The van der Waals surface area contributed by atoms with E-state index in [9.17, 15) is 5.11 Å². The van der Waals surface area contributed by atoms with Crippen molar-refractivity contribution in [3.63, 3.8) is 0 Å². The number of benzene rings is 1. The number of unbranched alkanes of at least 4 members (excludes halogenated alkanes) is 1. The van der Waals surface area contributed by atoms with Gasteiger partial charge in [-0.25, -0.2) is 0 Å². The minimum absolute atomic E-state index is 0.394. The summed E-state index contributed by atoms with van der Waals surface area (Å²) in [5.74, 6) is 0.394. The van der Waals surface area contributed by atoms with Gasteiger partial charge in [-0.3, -0.25) is 4.90 Å². The highest BCUT2D eigenvalue weighted by molar-refractivity contribution is 7.80. The second-order valence-electron chi connectivity index (χ2n) is 6.31. The van der Waals surface area contributed by atoms with Gasteiger partial charge in [0.25, 0.3) is 0 Å². The molecular weight excluding hydrogens is 356 g/mol. The van der Waals surface area contributed by atoms with E-state index in [-0.39, 0.29) is 0 Å². The first-order valence-electron chi connectivity index (χ1n) is 8.53. The average Bonchev–Trinajstić information content (AvgIpc) is 3.03. The van der Waals surface area contributed by atoms with Crippen LogP contribution in [0.2, 0.25) is 0 Å². The van der Waals surface area contributed by atoms with E-state index in [4.69, 9.17) is 12.2 Å². The van der Waals surface area contributed by atoms with Crippen LogP contribution in [-0.4, -0.2) is 47.6 Å². The summed E-state index contributed by atoms with van der Waals surface area (Å²) in [7, 11) is 3.34. The molecule has 0 unspecified atom stereocenters. The summed E-state index contributed by atoms with van der Waals surface area (Å²) >= 11 is 5.23. The second kappa shape index (κ2) is 8.54. The summed E-state index contributed by atoms with van der Waals surface area (Å²) in [5.41, 5.74) is 2.17. The first-order valence-corrected chi connectivity index (χ1v) is 11.1. The first-order chi connectivity index (χ1) is 11.7. The lowest BCUT2D eigenvalue weighted by Gasteiger charge is -2.34. The van der Waals surface area contributed by atoms with Crippen molar-refractivity contribution in [2.75, 3.05) is 32.7 Å². The van der Waals surface area contributed by atoms with Gasteiger partial charge in [0.05, 0.1) is 0 Å². The van der Waals surface area contributed by atoms with E-state index in [0.29, 0.717) is 5.75 Å². The van der Waals surface area contributed by atoms with Gasteiger partial charge in [0.1, 0.15) is 9.57 Å². The molecule has 1 aromatic carbocycles. The van der Waals surface area contributed by atoms with Crippen molar-refractivity contribution in [2.45, 2.75) is 26.3 Å². The molecule has 2 aromatic rings. The van der Waals surface area contributed by atoms with Gasteiger partial charge in [0, 0.05) is 43.2 Å². The molecule has 1 N–H and O–H groups in total. The Hall–Kier alpha value is -0.790. The molecule has 0 atom stereocenters. The number of piperazine rings is 1. The molecule has 130 valence electrons. The van der Waals surface area contributed by atoms with E-state index < -0.39 is 0 Å². The zero-order valence-corrected chi connectivity index (χ0v) is 16.5. The Balaban J connectivity index is 1.64.